The van der Waals surface area contributed by atoms with Crippen LogP contribution < -0.4 is 5.32 Å². The zero-order valence-electron chi connectivity index (χ0n) is 9.37. The first-order valence-electron chi connectivity index (χ1n) is 5.31. The molecule has 4 heteroatoms. The lowest BCUT2D eigenvalue weighted by Crippen LogP contribution is -2.15. The van der Waals surface area contributed by atoms with Gasteiger partial charge in [0.1, 0.15) is 0 Å². The fraction of sp³-hybridized carbons (Fsp3) is 0.308. The molecule has 0 saturated carbocycles. The number of nitrogens with one attached hydrogen (secondary N) is 1. The Bertz CT molecular complexity index is 438. The van der Waals surface area contributed by atoms with Gasteiger partial charge >= 0.3 is 5.97 Å². The highest BCUT2D eigenvalue weighted by Crippen LogP contribution is 2.18. The molecule has 0 aliphatic heterocycles. The van der Waals surface area contributed by atoms with Gasteiger partial charge in [-0.15, -0.1) is 12.3 Å². The van der Waals surface area contributed by atoms with E-state index in [1.165, 1.54) is 0 Å². The number of halogens is 1. The second kappa shape index (κ2) is 7.10. The van der Waals surface area contributed by atoms with Crippen molar-refractivity contribution in [2.45, 2.75) is 19.4 Å². The largest absolute Gasteiger partial charge is 0.478 e. The van der Waals surface area contributed by atoms with E-state index in [0.717, 1.165) is 29.4 Å². The average Bonchev–Trinajstić information content (AvgIpc) is 2.30. The van der Waals surface area contributed by atoms with Crippen molar-refractivity contribution in [2.75, 3.05) is 6.54 Å². The highest BCUT2D eigenvalue weighted by atomic mass is 79.9. The van der Waals surface area contributed by atoms with Gasteiger partial charge in [0.25, 0.3) is 0 Å². The predicted octanol–water partition coefficient (Wildman–Crippen LogP) is 2.65. The first kappa shape index (κ1) is 13.8. The van der Waals surface area contributed by atoms with Crippen molar-refractivity contribution in [3.05, 3.63) is 33.8 Å². The van der Waals surface area contributed by atoms with Crippen LogP contribution in [0.4, 0.5) is 0 Å². The van der Waals surface area contributed by atoms with Crippen LogP contribution in [0.2, 0.25) is 0 Å². The van der Waals surface area contributed by atoms with Gasteiger partial charge in [-0.05, 0) is 30.7 Å². The van der Waals surface area contributed by atoms with Gasteiger partial charge in [-0.25, -0.2) is 4.79 Å². The maximum absolute atomic E-state index is 10.7. The molecule has 0 spiro atoms. The summed E-state index contributed by atoms with van der Waals surface area (Å²) in [5, 5.41) is 12.1. The Morgan fingerprint density at radius 2 is 2.29 bits per heavy atom. The third-order valence-corrected chi connectivity index (χ3v) is 3.03. The Balaban J connectivity index is 2.50. The Morgan fingerprint density at radius 1 is 1.53 bits per heavy atom. The van der Waals surface area contributed by atoms with Crippen LogP contribution in [0.1, 0.15) is 28.8 Å². The highest BCUT2D eigenvalue weighted by Gasteiger charge is 2.06. The molecule has 0 amide bonds. The molecule has 0 aromatic heterocycles. The molecule has 3 nitrogen and oxygen atoms in total. The molecule has 0 aliphatic carbocycles. The maximum atomic E-state index is 10.7. The van der Waals surface area contributed by atoms with Crippen LogP contribution >= 0.6 is 15.9 Å². The molecule has 0 atom stereocenters. The zero-order chi connectivity index (χ0) is 12.7. The van der Waals surface area contributed by atoms with E-state index in [0.29, 0.717) is 6.54 Å². The summed E-state index contributed by atoms with van der Waals surface area (Å²) in [5.74, 6) is 1.67. The van der Waals surface area contributed by atoms with Gasteiger partial charge in [0.05, 0.1) is 5.56 Å². The summed E-state index contributed by atoms with van der Waals surface area (Å²) in [5.41, 5.74) is 1.32. The molecular weight excluding hydrogens is 282 g/mol. The van der Waals surface area contributed by atoms with E-state index in [-0.39, 0.29) is 5.56 Å². The molecule has 0 unspecified atom stereocenters. The van der Waals surface area contributed by atoms with Gasteiger partial charge in [0, 0.05) is 17.4 Å². The summed E-state index contributed by atoms with van der Waals surface area (Å²) in [7, 11) is 0. The third-order valence-electron chi connectivity index (χ3n) is 2.29. The summed E-state index contributed by atoms with van der Waals surface area (Å²) in [6, 6.07) is 5.02. The molecule has 1 aromatic carbocycles. The average molecular weight is 296 g/mol. The number of carboxylic acid groups (broad SMARTS) is 1. The molecule has 0 bridgehead atoms. The summed E-state index contributed by atoms with van der Waals surface area (Å²) in [4.78, 5) is 10.7. The fourth-order valence-electron chi connectivity index (χ4n) is 1.36. The predicted molar refractivity (Wildman–Crippen MR) is 70.9 cm³/mol. The van der Waals surface area contributed by atoms with Gasteiger partial charge < -0.3 is 10.4 Å². The number of hydrogen-bond donors (Lipinski definition) is 2. The third kappa shape index (κ3) is 4.59. The van der Waals surface area contributed by atoms with Gasteiger partial charge in [0.2, 0.25) is 0 Å². The first-order chi connectivity index (χ1) is 8.15. The Hall–Kier alpha value is -1.31. The quantitative estimate of drug-likeness (QED) is 0.627. The molecule has 2 N–H and O–H groups in total. The number of rotatable bonds is 6. The maximum Gasteiger partial charge on any atom is 0.335 e. The Labute approximate surface area is 109 Å². The van der Waals surface area contributed by atoms with Crippen molar-refractivity contribution in [2.24, 2.45) is 0 Å². The molecular formula is C13H14BrNO2. The van der Waals surface area contributed by atoms with E-state index in [9.17, 15) is 4.79 Å². The Kier molecular flexibility index (Phi) is 5.75. The SMILES string of the molecule is C#CCCCNCc1ccc(C(=O)O)cc1Br. The standard InChI is InChI=1S/C13H14BrNO2/c1-2-3-4-7-15-9-11-6-5-10(13(16)17)8-12(11)14/h1,5-6,8,15H,3-4,7,9H2,(H,16,17). The summed E-state index contributed by atoms with van der Waals surface area (Å²) >= 11 is 3.36. The van der Waals surface area contributed by atoms with E-state index >= 15 is 0 Å². The van der Waals surface area contributed by atoms with E-state index in [4.69, 9.17) is 11.5 Å². The molecule has 0 aliphatic rings. The van der Waals surface area contributed by atoms with Crippen LogP contribution in [-0.2, 0) is 6.54 Å². The van der Waals surface area contributed by atoms with Crippen LogP contribution in [-0.4, -0.2) is 17.6 Å². The smallest absolute Gasteiger partial charge is 0.335 e. The number of carboxylic acids is 1. The lowest BCUT2D eigenvalue weighted by Gasteiger charge is -2.07. The first-order valence-corrected chi connectivity index (χ1v) is 6.10. The van der Waals surface area contributed by atoms with E-state index in [1.807, 2.05) is 6.07 Å². The minimum atomic E-state index is -0.917. The van der Waals surface area contributed by atoms with Crippen LogP contribution in [0.25, 0.3) is 0 Å². The number of aromatic carboxylic acids is 1. The second-order valence-electron chi connectivity index (χ2n) is 3.60. The van der Waals surface area contributed by atoms with E-state index < -0.39 is 5.97 Å². The number of unbranched alkanes of at least 4 members (excludes halogenated alkanes) is 1. The Morgan fingerprint density at radius 3 is 2.88 bits per heavy atom. The van der Waals surface area contributed by atoms with Crippen molar-refractivity contribution >= 4 is 21.9 Å². The minimum absolute atomic E-state index is 0.285. The molecule has 0 radical (unpaired) electrons. The zero-order valence-corrected chi connectivity index (χ0v) is 11.0. The monoisotopic (exact) mass is 295 g/mol. The molecule has 1 aromatic rings. The normalized spacial score (nSPS) is 9.88. The number of carbonyl (C=O) groups is 1. The van der Waals surface area contributed by atoms with Gasteiger partial charge in [0.15, 0.2) is 0 Å². The summed E-state index contributed by atoms with van der Waals surface area (Å²) in [6.07, 6.45) is 6.87. The van der Waals surface area contributed by atoms with Crippen LogP contribution in [0.15, 0.2) is 22.7 Å². The topological polar surface area (TPSA) is 49.3 Å². The molecule has 0 fully saturated rings. The van der Waals surface area contributed by atoms with Crippen molar-refractivity contribution < 1.29 is 9.90 Å². The van der Waals surface area contributed by atoms with Crippen molar-refractivity contribution in [3.8, 4) is 12.3 Å². The van der Waals surface area contributed by atoms with Crippen molar-refractivity contribution in [1.82, 2.24) is 5.32 Å². The molecule has 90 valence electrons. The molecule has 1 rings (SSSR count). The van der Waals surface area contributed by atoms with E-state index in [2.05, 4.69) is 27.2 Å². The minimum Gasteiger partial charge on any atom is -0.478 e. The van der Waals surface area contributed by atoms with Crippen molar-refractivity contribution in [3.63, 3.8) is 0 Å². The number of terminal acetylenes is 1. The van der Waals surface area contributed by atoms with Crippen LogP contribution in [0.3, 0.4) is 0 Å². The summed E-state index contributed by atoms with van der Waals surface area (Å²) in [6.45, 7) is 1.56. The lowest BCUT2D eigenvalue weighted by molar-refractivity contribution is 0.0697. The van der Waals surface area contributed by atoms with Crippen molar-refractivity contribution in [1.29, 1.82) is 0 Å². The van der Waals surface area contributed by atoms with E-state index in [1.54, 1.807) is 12.1 Å². The number of hydrogen-bond acceptors (Lipinski definition) is 2. The van der Waals surface area contributed by atoms with Gasteiger partial charge in [-0.2, -0.15) is 0 Å². The summed E-state index contributed by atoms with van der Waals surface area (Å²) < 4.78 is 0.807. The second-order valence-corrected chi connectivity index (χ2v) is 4.45. The van der Waals surface area contributed by atoms with Crippen LogP contribution in [0, 0.1) is 12.3 Å². The highest BCUT2D eigenvalue weighted by molar-refractivity contribution is 9.10. The van der Waals surface area contributed by atoms with Gasteiger partial charge in [-0.3, -0.25) is 0 Å². The molecule has 0 heterocycles. The number of benzene rings is 1. The molecule has 0 saturated heterocycles. The van der Waals surface area contributed by atoms with Crippen LogP contribution in [0.5, 0.6) is 0 Å². The van der Waals surface area contributed by atoms with Gasteiger partial charge in [-0.1, -0.05) is 22.0 Å². The fourth-order valence-corrected chi connectivity index (χ4v) is 1.88. The molecule has 17 heavy (non-hydrogen) atoms. The lowest BCUT2D eigenvalue weighted by atomic mass is 10.1.